The van der Waals surface area contributed by atoms with Crippen LogP contribution in [0.15, 0.2) is 42.6 Å². The first-order valence-corrected chi connectivity index (χ1v) is 7.32. The molecule has 104 valence electrons. The highest BCUT2D eigenvalue weighted by molar-refractivity contribution is 5.55. The molecule has 0 radical (unpaired) electrons. The number of hydrogen-bond acceptors (Lipinski definition) is 3. The molecular formula is C17H21N3. The standard InChI is InChI=1S/C17H21N3/c1-14-4-5-16(18-12-14)13-19-15-6-8-17(9-7-15)20-10-2-3-11-20/h4-9,12,19H,2-3,10-11,13H2,1H3. The molecule has 0 saturated carbocycles. The number of aryl methyl sites for hydroxylation is 1. The Balaban J connectivity index is 1.59. The van der Waals surface area contributed by atoms with Gasteiger partial charge in [-0.3, -0.25) is 4.98 Å². The number of aromatic nitrogens is 1. The lowest BCUT2D eigenvalue weighted by atomic mass is 10.2. The molecule has 0 atom stereocenters. The van der Waals surface area contributed by atoms with E-state index in [0.717, 1.165) is 17.9 Å². The van der Waals surface area contributed by atoms with Gasteiger partial charge in [-0.1, -0.05) is 6.07 Å². The van der Waals surface area contributed by atoms with Gasteiger partial charge in [0.1, 0.15) is 0 Å². The highest BCUT2D eigenvalue weighted by atomic mass is 15.1. The van der Waals surface area contributed by atoms with Crippen LogP contribution in [0.4, 0.5) is 11.4 Å². The molecule has 0 bridgehead atoms. The van der Waals surface area contributed by atoms with Gasteiger partial charge in [0.25, 0.3) is 0 Å². The van der Waals surface area contributed by atoms with Crippen molar-refractivity contribution in [1.29, 1.82) is 0 Å². The summed E-state index contributed by atoms with van der Waals surface area (Å²) in [5.74, 6) is 0. The van der Waals surface area contributed by atoms with Gasteiger partial charge in [-0.05, 0) is 55.7 Å². The van der Waals surface area contributed by atoms with E-state index in [1.54, 1.807) is 0 Å². The fraction of sp³-hybridized carbons (Fsp3) is 0.353. The minimum Gasteiger partial charge on any atom is -0.379 e. The molecule has 3 heteroatoms. The van der Waals surface area contributed by atoms with Crippen molar-refractivity contribution < 1.29 is 0 Å². The van der Waals surface area contributed by atoms with E-state index in [2.05, 4.69) is 58.5 Å². The SMILES string of the molecule is Cc1ccc(CNc2ccc(N3CCCC3)cc2)nc1. The van der Waals surface area contributed by atoms with Crippen molar-refractivity contribution in [2.75, 3.05) is 23.3 Å². The number of nitrogens with one attached hydrogen (secondary N) is 1. The van der Waals surface area contributed by atoms with Gasteiger partial charge in [0, 0.05) is 30.7 Å². The fourth-order valence-corrected chi connectivity index (χ4v) is 2.56. The third-order valence-electron chi connectivity index (χ3n) is 3.78. The molecule has 1 N–H and O–H groups in total. The number of nitrogens with zero attached hydrogens (tertiary/aromatic N) is 2. The molecule has 1 aromatic heterocycles. The Bertz CT molecular complexity index is 539. The summed E-state index contributed by atoms with van der Waals surface area (Å²) >= 11 is 0. The maximum atomic E-state index is 4.40. The van der Waals surface area contributed by atoms with E-state index in [0.29, 0.717) is 0 Å². The average molecular weight is 267 g/mol. The van der Waals surface area contributed by atoms with Gasteiger partial charge in [-0.25, -0.2) is 0 Å². The van der Waals surface area contributed by atoms with Crippen molar-refractivity contribution in [3.63, 3.8) is 0 Å². The van der Waals surface area contributed by atoms with Gasteiger partial charge in [0.05, 0.1) is 12.2 Å². The number of pyridine rings is 1. The minimum atomic E-state index is 0.767. The number of hydrogen-bond donors (Lipinski definition) is 1. The summed E-state index contributed by atoms with van der Waals surface area (Å²) in [5.41, 5.74) is 4.75. The smallest absolute Gasteiger partial charge is 0.0594 e. The second-order valence-electron chi connectivity index (χ2n) is 5.42. The van der Waals surface area contributed by atoms with Gasteiger partial charge in [-0.15, -0.1) is 0 Å². The molecule has 2 aromatic rings. The molecule has 0 aliphatic carbocycles. The zero-order chi connectivity index (χ0) is 13.8. The predicted octanol–water partition coefficient (Wildman–Crippen LogP) is 3.60. The number of rotatable bonds is 4. The lowest BCUT2D eigenvalue weighted by Gasteiger charge is -2.18. The zero-order valence-corrected chi connectivity index (χ0v) is 12.0. The molecule has 20 heavy (non-hydrogen) atoms. The lowest BCUT2D eigenvalue weighted by Crippen LogP contribution is -2.17. The highest BCUT2D eigenvalue weighted by Crippen LogP contribution is 2.22. The van der Waals surface area contributed by atoms with Crippen molar-refractivity contribution in [2.24, 2.45) is 0 Å². The van der Waals surface area contributed by atoms with E-state index in [1.807, 2.05) is 6.20 Å². The molecule has 1 aliphatic heterocycles. The van der Waals surface area contributed by atoms with Crippen molar-refractivity contribution in [3.05, 3.63) is 53.9 Å². The molecule has 1 aromatic carbocycles. The Morgan fingerprint density at radius 2 is 1.80 bits per heavy atom. The summed E-state index contributed by atoms with van der Waals surface area (Å²) in [6.07, 6.45) is 4.55. The van der Waals surface area contributed by atoms with Crippen LogP contribution in [0.2, 0.25) is 0 Å². The van der Waals surface area contributed by atoms with E-state index in [9.17, 15) is 0 Å². The molecular weight excluding hydrogens is 246 g/mol. The van der Waals surface area contributed by atoms with Crippen molar-refractivity contribution in [3.8, 4) is 0 Å². The summed E-state index contributed by atoms with van der Waals surface area (Å²) in [7, 11) is 0. The zero-order valence-electron chi connectivity index (χ0n) is 12.0. The third-order valence-corrected chi connectivity index (χ3v) is 3.78. The van der Waals surface area contributed by atoms with Crippen LogP contribution in [-0.2, 0) is 6.54 Å². The van der Waals surface area contributed by atoms with Gasteiger partial charge in [-0.2, -0.15) is 0 Å². The minimum absolute atomic E-state index is 0.767. The Labute approximate surface area is 120 Å². The van der Waals surface area contributed by atoms with E-state index in [4.69, 9.17) is 0 Å². The Hall–Kier alpha value is -2.03. The van der Waals surface area contributed by atoms with Crippen LogP contribution in [0.5, 0.6) is 0 Å². The summed E-state index contributed by atoms with van der Waals surface area (Å²) < 4.78 is 0. The van der Waals surface area contributed by atoms with Gasteiger partial charge in [0.15, 0.2) is 0 Å². The normalized spacial score (nSPS) is 14.6. The first-order valence-electron chi connectivity index (χ1n) is 7.32. The number of benzene rings is 1. The molecule has 0 spiro atoms. The highest BCUT2D eigenvalue weighted by Gasteiger charge is 2.11. The first-order chi connectivity index (χ1) is 9.81. The van der Waals surface area contributed by atoms with Gasteiger partial charge in [0.2, 0.25) is 0 Å². The summed E-state index contributed by atoms with van der Waals surface area (Å²) in [6, 6.07) is 12.9. The monoisotopic (exact) mass is 267 g/mol. The van der Waals surface area contributed by atoms with Crippen LogP contribution < -0.4 is 10.2 Å². The van der Waals surface area contributed by atoms with Crippen LogP contribution in [0, 0.1) is 6.92 Å². The molecule has 1 aliphatic rings. The van der Waals surface area contributed by atoms with Crippen molar-refractivity contribution in [1.82, 2.24) is 4.98 Å². The molecule has 1 fully saturated rings. The average Bonchev–Trinajstić information content (AvgIpc) is 3.01. The quantitative estimate of drug-likeness (QED) is 0.917. The topological polar surface area (TPSA) is 28.2 Å². The number of anilines is 2. The summed E-state index contributed by atoms with van der Waals surface area (Å²) in [5, 5.41) is 3.42. The van der Waals surface area contributed by atoms with E-state index in [-0.39, 0.29) is 0 Å². The van der Waals surface area contributed by atoms with Crippen LogP contribution in [0.3, 0.4) is 0 Å². The van der Waals surface area contributed by atoms with Crippen LogP contribution >= 0.6 is 0 Å². The van der Waals surface area contributed by atoms with Crippen molar-refractivity contribution >= 4 is 11.4 Å². The molecule has 0 amide bonds. The maximum absolute atomic E-state index is 4.40. The van der Waals surface area contributed by atoms with Crippen LogP contribution in [-0.4, -0.2) is 18.1 Å². The third kappa shape index (κ3) is 3.10. The van der Waals surface area contributed by atoms with E-state index in [1.165, 1.54) is 37.2 Å². The molecule has 0 unspecified atom stereocenters. The molecule has 3 nitrogen and oxygen atoms in total. The molecule has 3 rings (SSSR count). The summed E-state index contributed by atoms with van der Waals surface area (Å²) in [6.45, 7) is 5.21. The van der Waals surface area contributed by atoms with Gasteiger partial charge >= 0.3 is 0 Å². The van der Waals surface area contributed by atoms with Crippen LogP contribution in [0.25, 0.3) is 0 Å². The Kier molecular flexibility index (Phi) is 3.86. The fourth-order valence-electron chi connectivity index (χ4n) is 2.56. The second-order valence-corrected chi connectivity index (χ2v) is 5.42. The first kappa shape index (κ1) is 13.0. The van der Waals surface area contributed by atoms with Gasteiger partial charge < -0.3 is 10.2 Å². The van der Waals surface area contributed by atoms with Crippen molar-refractivity contribution in [2.45, 2.75) is 26.3 Å². The largest absolute Gasteiger partial charge is 0.379 e. The lowest BCUT2D eigenvalue weighted by molar-refractivity contribution is 0.949. The van der Waals surface area contributed by atoms with E-state index >= 15 is 0 Å². The Morgan fingerprint density at radius 3 is 2.45 bits per heavy atom. The maximum Gasteiger partial charge on any atom is 0.0594 e. The molecule has 2 heterocycles. The van der Waals surface area contributed by atoms with E-state index < -0.39 is 0 Å². The Morgan fingerprint density at radius 1 is 1.05 bits per heavy atom. The molecule has 1 saturated heterocycles. The second kappa shape index (κ2) is 5.95. The predicted molar refractivity (Wildman–Crippen MR) is 84.2 cm³/mol. The van der Waals surface area contributed by atoms with Crippen LogP contribution in [0.1, 0.15) is 24.1 Å². The summed E-state index contributed by atoms with van der Waals surface area (Å²) in [4.78, 5) is 6.85.